The molecule has 6 rings (SSSR count). The van der Waals surface area contributed by atoms with Crippen LogP contribution in [0, 0.1) is 23.7 Å². The molecule has 0 spiro atoms. The van der Waals surface area contributed by atoms with Crippen molar-refractivity contribution < 1.29 is 18.9 Å². The Morgan fingerprint density at radius 1 is 1.05 bits per heavy atom. The van der Waals surface area contributed by atoms with E-state index in [1.807, 2.05) is 6.07 Å². The van der Waals surface area contributed by atoms with Crippen molar-refractivity contribution in [1.29, 1.82) is 0 Å². The molecule has 8 atom stereocenters. The van der Waals surface area contributed by atoms with Crippen LogP contribution in [0.25, 0.3) is 0 Å². The van der Waals surface area contributed by atoms with E-state index in [2.05, 4.69) is 31.2 Å². The molecular formula is C17H18O4. The smallest absolute Gasteiger partial charge is 0.182 e. The number of hydrogen-bond donors (Lipinski definition) is 0. The summed E-state index contributed by atoms with van der Waals surface area (Å²) in [5.41, 5.74) is 1.25. The van der Waals surface area contributed by atoms with Crippen molar-refractivity contribution in [2.75, 3.05) is 0 Å². The molecule has 1 saturated carbocycles. The van der Waals surface area contributed by atoms with Gasteiger partial charge >= 0.3 is 0 Å². The molecule has 1 aromatic rings. The van der Waals surface area contributed by atoms with Gasteiger partial charge in [-0.25, -0.2) is 0 Å². The van der Waals surface area contributed by atoms with Crippen molar-refractivity contribution in [3.63, 3.8) is 0 Å². The molecule has 1 aliphatic carbocycles. The van der Waals surface area contributed by atoms with Gasteiger partial charge in [-0.3, -0.25) is 0 Å². The van der Waals surface area contributed by atoms with Crippen molar-refractivity contribution in [1.82, 2.24) is 0 Å². The summed E-state index contributed by atoms with van der Waals surface area (Å²) >= 11 is 0. The molecule has 4 heteroatoms. The fourth-order valence-corrected chi connectivity index (χ4v) is 5.77. The van der Waals surface area contributed by atoms with Gasteiger partial charge < -0.3 is 18.9 Å². The molecule has 21 heavy (non-hydrogen) atoms. The summed E-state index contributed by atoms with van der Waals surface area (Å²) in [5.74, 6) is 0.702. The molecule has 2 bridgehead atoms. The van der Waals surface area contributed by atoms with Gasteiger partial charge in [0.25, 0.3) is 0 Å². The van der Waals surface area contributed by atoms with Gasteiger partial charge in [0.2, 0.25) is 0 Å². The van der Waals surface area contributed by atoms with Crippen LogP contribution < -0.4 is 0 Å². The van der Waals surface area contributed by atoms with E-state index in [4.69, 9.17) is 18.9 Å². The van der Waals surface area contributed by atoms with Gasteiger partial charge in [0, 0.05) is 30.1 Å². The summed E-state index contributed by atoms with van der Waals surface area (Å²) < 4.78 is 25.0. The fourth-order valence-electron chi connectivity index (χ4n) is 5.77. The molecule has 4 saturated heterocycles. The Kier molecular flexibility index (Phi) is 1.85. The number of rotatable bonds is 2. The Bertz CT molecular complexity index is 618. The van der Waals surface area contributed by atoms with Crippen molar-refractivity contribution in [2.45, 2.75) is 43.9 Å². The van der Waals surface area contributed by atoms with Gasteiger partial charge in [-0.2, -0.15) is 0 Å². The normalized spacial score (nSPS) is 58.3. The number of benzene rings is 1. The molecule has 5 fully saturated rings. The van der Waals surface area contributed by atoms with E-state index in [1.54, 1.807) is 0 Å². The molecule has 4 nitrogen and oxygen atoms in total. The first-order valence-corrected chi connectivity index (χ1v) is 7.94. The van der Waals surface area contributed by atoms with E-state index >= 15 is 0 Å². The highest BCUT2D eigenvalue weighted by Crippen LogP contribution is 2.72. The quantitative estimate of drug-likeness (QED) is 0.836. The molecule has 4 aliphatic heterocycles. The van der Waals surface area contributed by atoms with Gasteiger partial charge in [-0.1, -0.05) is 30.3 Å². The van der Waals surface area contributed by atoms with Gasteiger partial charge in [0.1, 0.15) is 0 Å². The number of ether oxygens (including phenoxy) is 4. The van der Waals surface area contributed by atoms with Crippen LogP contribution in [0.5, 0.6) is 0 Å². The van der Waals surface area contributed by atoms with E-state index in [9.17, 15) is 0 Å². The van der Waals surface area contributed by atoms with E-state index < -0.39 is 11.6 Å². The molecule has 0 unspecified atom stereocenters. The third-order valence-corrected chi connectivity index (χ3v) is 6.27. The van der Waals surface area contributed by atoms with Crippen LogP contribution in [0.15, 0.2) is 30.3 Å². The summed E-state index contributed by atoms with van der Waals surface area (Å²) in [4.78, 5) is 0. The molecule has 0 amide bonds. The Hall–Kier alpha value is -0.940. The van der Waals surface area contributed by atoms with Gasteiger partial charge in [-0.05, 0) is 18.9 Å². The van der Waals surface area contributed by atoms with Crippen molar-refractivity contribution in [2.24, 2.45) is 23.7 Å². The first-order chi connectivity index (χ1) is 10.2. The third kappa shape index (κ3) is 1.20. The molecule has 0 radical (unpaired) electrons. The van der Waals surface area contributed by atoms with Crippen molar-refractivity contribution >= 4 is 0 Å². The molecule has 4 heterocycles. The average Bonchev–Trinajstić information content (AvgIpc) is 3.08. The topological polar surface area (TPSA) is 36.9 Å². The zero-order valence-electron chi connectivity index (χ0n) is 11.9. The van der Waals surface area contributed by atoms with Gasteiger partial charge in [0.15, 0.2) is 24.2 Å². The van der Waals surface area contributed by atoms with Crippen LogP contribution in [0.3, 0.4) is 0 Å². The maximum atomic E-state index is 6.47. The predicted octanol–water partition coefficient (Wildman–Crippen LogP) is 2.28. The Morgan fingerprint density at radius 3 is 2.67 bits per heavy atom. The molecule has 0 aromatic heterocycles. The summed E-state index contributed by atoms with van der Waals surface area (Å²) in [6.07, 6.45) is 1.68. The summed E-state index contributed by atoms with van der Waals surface area (Å²) in [5, 5.41) is 0. The third-order valence-electron chi connectivity index (χ3n) is 6.27. The maximum absolute atomic E-state index is 6.47. The van der Waals surface area contributed by atoms with Crippen LogP contribution >= 0.6 is 0 Å². The van der Waals surface area contributed by atoms with Crippen LogP contribution in [0.1, 0.15) is 18.9 Å². The second-order valence-corrected chi connectivity index (χ2v) is 7.32. The molecule has 0 N–H and O–H groups in total. The predicted molar refractivity (Wildman–Crippen MR) is 71.8 cm³/mol. The van der Waals surface area contributed by atoms with Crippen LogP contribution in [0.4, 0.5) is 0 Å². The van der Waals surface area contributed by atoms with Gasteiger partial charge in [0.05, 0.1) is 0 Å². The lowest BCUT2D eigenvalue weighted by molar-refractivity contribution is -0.406. The fraction of sp³-hybridized carbons (Fsp3) is 0.647. The standard InChI is InChI=1S/C17H18O4/c1-16-12-10-7-11-13(12)17(21-16,8-9-5-3-2-4-6-9)20-15(11)18-14(10)19-16/h2-6,10-15H,7-8H2,1H3/t10-,11+,12-,13-,14+,15+,16+,17-/m1/s1. The minimum atomic E-state index is -0.559. The lowest BCUT2D eigenvalue weighted by atomic mass is 9.81. The van der Waals surface area contributed by atoms with Crippen LogP contribution in [-0.2, 0) is 25.4 Å². The molecule has 5 aliphatic rings. The van der Waals surface area contributed by atoms with Crippen molar-refractivity contribution in [3.8, 4) is 0 Å². The number of hydrogen-bond acceptors (Lipinski definition) is 4. The van der Waals surface area contributed by atoms with E-state index in [1.165, 1.54) is 12.0 Å². The van der Waals surface area contributed by atoms with Crippen LogP contribution in [0.2, 0.25) is 0 Å². The minimum absolute atomic E-state index is 0.124. The van der Waals surface area contributed by atoms with Crippen molar-refractivity contribution in [3.05, 3.63) is 35.9 Å². The minimum Gasteiger partial charge on any atom is -0.323 e. The Labute approximate surface area is 123 Å². The molecule has 110 valence electrons. The highest BCUT2D eigenvalue weighted by Gasteiger charge is 2.81. The van der Waals surface area contributed by atoms with E-state index in [-0.39, 0.29) is 12.6 Å². The summed E-state index contributed by atoms with van der Waals surface area (Å²) in [6, 6.07) is 10.5. The highest BCUT2D eigenvalue weighted by molar-refractivity contribution is 5.23. The molecular weight excluding hydrogens is 268 g/mol. The highest BCUT2D eigenvalue weighted by atomic mass is 16.9. The average molecular weight is 286 g/mol. The van der Waals surface area contributed by atoms with E-state index in [0.29, 0.717) is 23.7 Å². The summed E-state index contributed by atoms with van der Waals surface area (Å²) in [7, 11) is 0. The Balaban J connectivity index is 1.48. The lowest BCUT2D eigenvalue weighted by Gasteiger charge is -2.37. The zero-order valence-corrected chi connectivity index (χ0v) is 11.9. The van der Waals surface area contributed by atoms with E-state index in [0.717, 1.165) is 6.42 Å². The summed E-state index contributed by atoms with van der Waals surface area (Å²) in [6.45, 7) is 2.07. The monoisotopic (exact) mass is 286 g/mol. The second kappa shape index (κ2) is 3.35. The Morgan fingerprint density at radius 2 is 1.81 bits per heavy atom. The SMILES string of the molecule is C[C@]12O[C@@H]3O[C@H]4O[C@](Cc5ccccc5)(O1)[C@@H]1[C@@H]4C[C@@H]3[C@H]12. The maximum Gasteiger partial charge on any atom is 0.182 e. The first-order valence-electron chi connectivity index (χ1n) is 7.94. The lowest BCUT2D eigenvalue weighted by Crippen LogP contribution is -2.45. The first kappa shape index (κ1) is 11.6. The molecule has 1 aromatic carbocycles. The van der Waals surface area contributed by atoms with Gasteiger partial charge in [-0.15, -0.1) is 0 Å². The second-order valence-electron chi connectivity index (χ2n) is 7.32. The zero-order chi connectivity index (χ0) is 13.8. The largest absolute Gasteiger partial charge is 0.323 e. The van der Waals surface area contributed by atoms with Crippen LogP contribution in [-0.4, -0.2) is 24.2 Å².